The molecule has 0 aromatic heterocycles. The minimum absolute atomic E-state index is 0.136. The second-order valence-corrected chi connectivity index (χ2v) is 6.34. The first-order valence-corrected chi connectivity index (χ1v) is 8.89. The van der Waals surface area contributed by atoms with Gasteiger partial charge in [-0.3, -0.25) is 4.79 Å². The van der Waals surface area contributed by atoms with Crippen molar-refractivity contribution in [2.24, 2.45) is 5.92 Å². The Kier molecular flexibility index (Phi) is 8.19. The van der Waals surface area contributed by atoms with Crippen LogP contribution in [0, 0.1) is 11.7 Å². The maximum Gasteiger partial charge on any atom is 0.307 e. The zero-order chi connectivity index (χ0) is 17.2. The zero-order valence-corrected chi connectivity index (χ0v) is 14.4. The molecule has 24 heavy (non-hydrogen) atoms. The number of nitrogens with one attached hydrogen (secondary N) is 1. The van der Waals surface area contributed by atoms with E-state index in [1.54, 1.807) is 12.1 Å². The van der Waals surface area contributed by atoms with Crippen LogP contribution in [0.4, 0.5) is 4.39 Å². The predicted molar refractivity (Wildman–Crippen MR) is 91.1 cm³/mol. The van der Waals surface area contributed by atoms with Crippen molar-refractivity contribution in [2.75, 3.05) is 19.7 Å². The van der Waals surface area contributed by atoms with E-state index in [0.717, 1.165) is 37.8 Å². The van der Waals surface area contributed by atoms with Gasteiger partial charge in [0.2, 0.25) is 0 Å². The van der Waals surface area contributed by atoms with Gasteiger partial charge in [0.25, 0.3) is 0 Å². The van der Waals surface area contributed by atoms with Crippen molar-refractivity contribution in [3.05, 3.63) is 35.6 Å². The van der Waals surface area contributed by atoms with Gasteiger partial charge in [0.05, 0.1) is 25.7 Å². The van der Waals surface area contributed by atoms with E-state index in [2.05, 4.69) is 5.32 Å². The molecule has 0 unspecified atom stereocenters. The van der Waals surface area contributed by atoms with Crippen LogP contribution < -0.4 is 5.32 Å². The smallest absolute Gasteiger partial charge is 0.307 e. The molecular formula is C19H28FNO3. The van der Waals surface area contributed by atoms with Gasteiger partial charge in [-0.25, -0.2) is 4.39 Å². The van der Waals surface area contributed by atoms with E-state index in [4.69, 9.17) is 9.47 Å². The van der Waals surface area contributed by atoms with E-state index in [9.17, 15) is 9.18 Å². The van der Waals surface area contributed by atoms with Gasteiger partial charge in [-0.2, -0.15) is 0 Å². The van der Waals surface area contributed by atoms with Crippen LogP contribution >= 0.6 is 0 Å². The van der Waals surface area contributed by atoms with Gasteiger partial charge in [-0.05, 0) is 62.8 Å². The van der Waals surface area contributed by atoms with Gasteiger partial charge in [-0.15, -0.1) is 0 Å². The quantitative estimate of drug-likeness (QED) is 0.554. The van der Waals surface area contributed by atoms with Crippen molar-refractivity contribution in [2.45, 2.75) is 51.7 Å². The normalized spacial score (nSPS) is 20.8. The van der Waals surface area contributed by atoms with Crippen LogP contribution in [0.15, 0.2) is 24.3 Å². The van der Waals surface area contributed by atoms with Gasteiger partial charge in [0.1, 0.15) is 5.82 Å². The summed E-state index contributed by atoms with van der Waals surface area (Å²) in [5.41, 5.74) is 1.01. The first kappa shape index (κ1) is 18.9. The highest BCUT2D eigenvalue weighted by Crippen LogP contribution is 2.26. The van der Waals surface area contributed by atoms with Crippen molar-refractivity contribution >= 4 is 5.97 Å². The summed E-state index contributed by atoms with van der Waals surface area (Å²) in [5.74, 6) is 0.301. The highest BCUT2D eigenvalue weighted by molar-refractivity contribution is 5.69. The number of carbonyl (C=O) groups excluding carboxylic acids is 1. The maximum atomic E-state index is 12.9. The maximum absolute atomic E-state index is 12.9. The molecule has 1 aromatic carbocycles. The summed E-state index contributed by atoms with van der Waals surface area (Å²) in [4.78, 5) is 11.2. The van der Waals surface area contributed by atoms with Gasteiger partial charge < -0.3 is 14.8 Å². The van der Waals surface area contributed by atoms with Crippen LogP contribution in [0.1, 0.15) is 44.6 Å². The summed E-state index contributed by atoms with van der Waals surface area (Å²) in [6, 6.07) is 6.48. The molecule has 1 aromatic rings. The van der Waals surface area contributed by atoms with Crippen LogP contribution in [0.2, 0.25) is 0 Å². The van der Waals surface area contributed by atoms with E-state index in [0.29, 0.717) is 38.2 Å². The lowest BCUT2D eigenvalue weighted by Crippen LogP contribution is -2.30. The molecule has 1 aliphatic carbocycles. The van der Waals surface area contributed by atoms with Gasteiger partial charge in [0, 0.05) is 6.54 Å². The molecule has 2 rings (SSSR count). The highest BCUT2D eigenvalue weighted by Gasteiger charge is 2.21. The van der Waals surface area contributed by atoms with Crippen molar-refractivity contribution in [1.29, 1.82) is 0 Å². The minimum Gasteiger partial charge on any atom is -0.466 e. The van der Waals surface area contributed by atoms with Crippen LogP contribution in [-0.4, -0.2) is 31.8 Å². The standard InChI is InChI=1S/C19H28FNO3/c1-2-23-19(22)11-12-21-13-15-5-9-18(10-6-15)24-14-16-3-7-17(20)8-4-16/h3-4,7-8,15,18,21H,2,5-6,9-14H2,1H3/t15-,18-. The molecule has 0 atom stereocenters. The largest absolute Gasteiger partial charge is 0.466 e. The van der Waals surface area contributed by atoms with Crippen LogP contribution in [-0.2, 0) is 20.9 Å². The lowest BCUT2D eigenvalue weighted by molar-refractivity contribution is -0.142. The van der Waals surface area contributed by atoms with E-state index in [1.165, 1.54) is 12.1 Å². The Morgan fingerprint density at radius 3 is 2.58 bits per heavy atom. The van der Waals surface area contributed by atoms with E-state index in [1.807, 2.05) is 6.92 Å². The average molecular weight is 337 g/mol. The number of ether oxygens (including phenoxy) is 2. The first-order chi connectivity index (χ1) is 11.7. The van der Waals surface area contributed by atoms with Crippen molar-refractivity contribution in [3.63, 3.8) is 0 Å². The van der Waals surface area contributed by atoms with Gasteiger partial charge >= 0.3 is 5.97 Å². The topological polar surface area (TPSA) is 47.6 Å². The summed E-state index contributed by atoms with van der Waals surface area (Å²) in [6.45, 7) is 4.44. The highest BCUT2D eigenvalue weighted by atomic mass is 19.1. The third-order valence-electron chi connectivity index (χ3n) is 4.44. The molecule has 0 spiro atoms. The molecular weight excluding hydrogens is 309 g/mol. The van der Waals surface area contributed by atoms with Crippen molar-refractivity contribution < 1.29 is 18.7 Å². The number of carbonyl (C=O) groups is 1. The molecule has 1 fully saturated rings. The molecule has 1 saturated carbocycles. The predicted octanol–water partition coefficient (Wildman–Crippen LogP) is 3.44. The lowest BCUT2D eigenvalue weighted by Gasteiger charge is -2.28. The van der Waals surface area contributed by atoms with Gasteiger partial charge in [0.15, 0.2) is 0 Å². The minimum atomic E-state index is -0.213. The number of esters is 1. The Balaban J connectivity index is 1.54. The fourth-order valence-electron chi connectivity index (χ4n) is 3.03. The molecule has 0 bridgehead atoms. The molecule has 1 N–H and O–H groups in total. The van der Waals surface area contributed by atoms with Crippen LogP contribution in [0.25, 0.3) is 0 Å². The van der Waals surface area contributed by atoms with Crippen LogP contribution in [0.3, 0.4) is 0 Å². The molecule has 134 valence electrons. The Bertz CT molecular complexity index is 484. The molecule has 0 radical (unpaired) electrons. The summed E-state index contributed by atoms with van der Waals surface area (Å²) in [6.07, 6.45) is 5.13. The third-order valence-corrected chi connectivity index (χ3v) is 4.44. The Morgan fingerprint density at radius 1 is 1.21 bits per heavy atom. The number of rotatable bonds is 9. The summed E-state index contributed by atoms with van der Waals surface area (Å²) in [5, 5.41) is 3.35. The number of hydrogen-bond acceptors (Lipinski definition) is 4. The number of hydrogen-bond donors (Lipinski definition) is 1. The summed E-state index contributed by atoms with van der Waals surface area (Å²) < 4.78 is 23.7. The zero-order valence-electron chi connectivity index (χ0n) is 14.4. The van der Waals surface area contributed by atoms with E-state index >= 15 is 0 Å². The molecule has 5 heteroatoms. The SMILES string of the molecule is CCOC(=O)CCNC[C@H]1CC[C@H](OCc2ccc(F)cc2)CC1. The molecule has 0 aliphatic heterocycles. The lowest BCUT2D eigenvalue weighted by atomic mass is 9.87. The monoisotopic (exact) mass is 337 g/mol. The number of halogens is 1. The fourth-order valence-corrected chi connectivity index (χ4v) is 3.03. The Labute approximate surface area is 143 Å². The molecule has 4 nitrogen and oxygen atoms in total. The first-order valence-electron chi connectivity index (χ1n) is 8.89. The Morgan fingerprint density at radius 2 is 1.92 bits per heavy atom. The Hall–Kier alpha value is -1.46. The fraction of sp³-hybridized carbons (Fsp3) is 0.632. The van der Waals surface area contributed by atoms with Gasteiger partial charge in [-0.1, -0.05) is 12.1 Å². The second-order valence-electron chi connectivity index (χ2n) is 6.34. The van der Waals surface area contributed by atoms with Crippen molar-refractivity contribution in [1.82, 2.24) is 5.32 Å². The number of benzene rings is 1. The molecule has 0 saturated heterocycles. The van der Waals surface area contributed by atoms with Crippen molar-refractivity contribution in [3.8, 4) is 0 Å². The van der Waals surface area contributed by atoms with E-state index in [-0.39, 0.29) is 11.8 Å². The van der Waals surface area contributed by atoms with Crippen LogP contribution in [0.5, 0.6) is 0 Å². The average Bonchev–Trinajstić information content (AvgIpc) is 2.59. The molecule has 0 amide bonds. The summed E-state index contributed by atoms with van der Waals surface area (Å²) in [7, 11) is 0. The third kappa shape index (κ3) is 6.97. The van der Waals surface area contributed by atoms with E-state index < -0.39 is 0 Å². The summed E-state index contributed by atoms with van der Waals surface area (Å²) >= 11 is 0. The second kappa shape index (κ2) is 10.4. The molecule has 1 aliphatic rings. The molecule has 0 heterocycles.